The van der Waals surface area contributed by atoms with E-state index in [0.29, 0.717) is 11.1 Å². The van der Waals surface area contributed by atoms with Crippen LogP contribution in [0.2, 0.25) is 0 Å². The Morgan fingerprint density at radius 1 is 0.933 bits per heavy atom. The van der Waals surface area contributed by atoms with E-state index in [2.05, 4.69) is 0 Å². The van der Waals surface area contributed by atoms with E-state index in [1.165, 1.54) is 22.5 Å². The van der Waals surface area contributed by atoms with Gasteiger partial charge in [0, 0.05) is 6.54 Å². The van der Waals surface area contributed by atoms with Gasteiger partial charge in [0.05, 0.1) is 32.9 Å². The lowest BCUT2D eigenvalue weighted by Gasteiger charge is -2.30. The summed E-state index contributed by atoms with van der Waals surface area (Å²) in [5, 5.41) is 8.97. The minimum atomic E-state index is -3.93. The van der Waals surface area contributed by atoms with E-state index in [1.807, 2.05) is 13.0 Å². The highest BCUT2D eigenvalue weighted by Crippen LogP contribution is 2.37. The molecule has 0 atom stereocenters. The molecule has 1 aliphatic heterocycles. The van der Waals surface area contributed by atoms with Gasteiger partial charge in [-0.2, -0.15) is 5.26 Å². The molecule has 0 aliphatic carbocycles. The monoisotopic (exact) mass is 438 g/mol. The fraction of sp³-hybridized carbons (Fsp3) is 0.136. The molecule has 0 saturated heterocycles. The van der Waals surface area contributed by atoms with Crippen molar-refractivity contribution in [3.8, 4) is 17.2 Å². The highest BCUT2D eigenvalue weighted by atomic mass is 32.2. The lowest BCUT2D eigenvalue weighted by atomic mass is 10.0. The minimum Gasteiger partial charge on any atom is -0.264 e. The van der Waals surface area contributed by atoms with Crippen LogP contribution in [-0.2, 0) is 19.9 Å². The van der Waals surface area contributed by atoms with Gasteiger partial charge in [-0.3, -0.25) is 4.31 Å². The van der Waals surface area contributed by atoms with Crippen LogP contribution < -0.4 is 4.31 Å². The SMILES string of the molecule is Cc1ccc(S(=O)(=O)N2CCS(=O)(=O)c3ccc(-c4ccc(C#N)cc4)cc32)cc1. The van der Waals surface area contributed by atoms with E-state index in [-0.39, 0.29) is 27.8 Å². The number of nitrogens with zero attached hydrogens (tertiary/aromatic N) is 2. The molecule has 3 aromatic carbocycles. The maximum Gasteiger partial charge on any atom is 0.264 e. The zero-order valence-corrected chi connectivity index (χ0v) is 17.7. The Morgan fingerprint density at radius 3 is 2.20 bits per heavy atom. The molecule has 0 spiro atoms. The molecular weight excluding hydrogens is 420 g/mol. The number of aryl methyl sites for hydroxylation is 1. The first-order valence-corrected chi connectivity index (χ1v) is 12.3. The van der Waals surface area contributed by atoms with Crippen molar-refractivity contribution in [2.75, 3.05) is 16.6 Å². The molecule has 4 rings (SSSR count). The van der Waals surface area contributed by atoms with Crippen molar-refractivity contribution in [2.24, 2.45) is 0 Å². The molecule has 3 aromatic rings. The summed E-state index contributed by atoms with van der Waals surface area (Å²) >= 11 is 0. The molecular formula is C22H18N2O4S2. The summed E-state index contributed by atoms with van der Waals surface area (Å²) in [4.78, 5) is 0.115. The molecule has 1 heterocycles. The number of sulfone groups is 1. The normalized spacial score (nSPS) is 15.3. The molecule has 0 aromatic heterocycles. The van der Waals surface area contributed by atoms with Gasteiger partial charge < -0.3 is 0 Å². The van der Waals surface area contributed by atoms with Crippen LogP contribution in [0.15, 0.2) is 76.5 Å². The van der Waals surface area contributed by atoms with Crippen molar-refractivity contribution in [3.63, 3.8) is 0 Å². The van der Waals surface area contributed by atoms with Crippen molar-refractivity contribution in [1.29, 1.82) is 5.26 Å². The van der Waals surface area contributed by atoms with Crippen molar-refractivity contribution >= 4 is 25.5 Å². The summed E-state index contributed by atoms with van der Waals surface area (Å²) < 4.78 is 53.0. The van der Waals surface area contributed by atoms with E-state index in [4.69, 9.17) is 5.26 Å². The van der Waals surface area contributed by atoms with Gasteiger partial charge >= 0.3 is 0 Å². The zero-order valence-electron chi connectivity index (χ0n) is 16.1. The fourth-order valence-corrected chi connectivity index (χ4v) is 6.47. The molecule has 152 valence electrons. The van der Waals surface area contributed by atoms with Gasteiger partial charge in [0.25, 0.3) is 10.0 Å². The van der Waals surface area contributed by atoms with Crippen LogP contribution in [0.4, 0.5) is 5.69 Å². The number of sulfonamides is 1. The van der Waals surface area contributed by atoms with Crippen LogP contribution >= 0.6 is 0 Å². The first-order chi connectivity index (χ1) is 14.2. The van der Waals surface area contributed by atoms with Crippen molar-refractivity contribution in [2.45, 2.75) is 16.7 Å². The first kappa shape index (κ1) is 20.1. The predicted molar refractivity (Wildman–Crippen MR) is 114 cm³/mol. The number of benzene rings is 3. The number of anilines is 1. The average molecular weight is 439 g/mol. The van der Waals surface area contributed by atoms with Gasteiger partial charge in [-0.05, 0) is 54.4 Å². The van der Waals surface area contributed by atoms with Crippen molar-refractivity contribution in [1.82, 2.24) is 0 Å². The number of hydrogen-bond donors (Lipinski definition) is 0. The summed E-state index contributed by atoms with van der Waals surface area (Å²) in [5.41, 5.74) is 3.00. The van der Waals surface area contributed by atoms with E-state index >= 15 is 0 Å². The highest BCUT2D eigenvalue weighted by molar-refractivity contribution is 7.94. The summed E-state index contributed by atoms with van der Waals surface area (Å²) in [5.74, 6) is -0.276. The average Bonchev–Trinajstić information content (AvgIpc) is 2.73. The van der Waals surface area contributed by atoms with Crippen LogP contribution in [0.25, 0.3) is 11.1 Å². The summed E-state index contributed by atoms with van der Waals surface area (Å²) in [7, 11) is -7.51. The third kappa shape index (κ3) is 3.47. The maximum absolute atomic E-state index is 13.3. The van der Waals surface area contributed by atoms with Gasteiger partial charge in [0.2, 0.25) is 0 Å². The van der Waals surface area contributed by atoms with Gasteiger partial charge in [-0.25, -0.2) is 16.8 Å². The molecule has 0 bridgehead atoms. The molecule has 30 heavy (non-hydrogen) atoms. The van der Waals surface area contributed by atoms with Crippen LogP contribution in [-0.4, -0.2) is 29.1 Å². The number of nitriles is 1. The summed E-state index contributed by atoms with van der Waals surface area (Å²) in [6.45, 7) is 1.71. The Hall–Kier alpha value is -3.15. The first-order valence-electron chi connectivity index (χ1n) is 9.19. The Bertz CT molecular complexity index is 1370. The van der Waals surface area contributed by atoms with Gasteiger partial charge in [0.1, 0.15) is 0 Å². The van der Waals surface area contributed by atoms with Crippen molar-refractivity contribution < 1.29 is 16.8 Å². The Labute approximate surface area is 176 Å². The number of hydrogen-bond acceptors (Lipinski definition) is 5. The Morgan fingerprint density at radius 2 is 1.57 bits per heavy atom. The second-order valence-electron chi connectivity index (χ2n) is 7.08. The number of fused-ring (bicyclic) bond motifs is 1. The smallest absolute Gasteiger partial charge is 0.264 e. The number of rotatable bonds is 3. The van der Waals surface area contributed by atoms with Gasteiger partial charge in [-0.15, -0.1) is 0 Å². The molecule has 0 fully saturated rings. The lowest BCUT2D eigenvalue weighted by Crippen LogP contribution is -2.39. The van der Waals surface area contributed by atoms with Crippen LogP contribution in [0.3, 0.4) is 0 Å². The minimum absolute atomic E-state index is 0.00170. The quantitative estimate of drug-likeness (QED) is 0.624. The molecule has 0 saturated carbocycles. The zero-order chi connectivity index (χ0) is 21.5. The molecule has 0 unspecified atom stereocenters. The molecule has 8 heteroatoms. The lowest BCUT2D eigenvalue weighted by molar-refractivity contribution is 0.584. The largest absolute Gasteiger partial charge is 0.264 e. The molecule has 0 N–H and O–H groups in total. The second-order valence-corrected chi connectivity index (χ2v) is 11.0. The van der Waals surface area contributed by atoms with E-state index in [0.717, 1.165) is 11.1 Å². The second kappa shape index (κ2) is 7.27. The van der Waals surface area contributed by atoms with Crippen molar-refractivity contribution in [3.05, 3.63) is 77.9 Å². The van der Waals surface area contributed by atoms with E-state index < -0.39 is 19.9 Å². The molecule has 0 radical (unpaired) electrons. The van der Waals surface area contributed by atoms with Crippen LogP contribution in [0.5, 0.6) is 0 Å². The molecule has 1 aliphatic rings. The highest BCUT2D eigenvalue weighted by Gasteiger charge is 2.35. The van der Waals surface area contributed by atoms with Crippen LogP contribution in [0, 0.1) is 18.3 Å². The summed E-state index contributed by atoms with van der Waals surface area (Å²) in [6, 6.07) is 20.0. The Kier molecular flexibility index (Phi) is 4.88. The van der Waals surface area contributed by atoms with E-state index in [9.17, 15) is 16.8 Å². The third-order valence-corrected chi connectivity index (χ3v) is 8.64. The molecule has 0 amide bonds. The topological polar surface area (TPSA) is 95.3 Å². The van der Waals surface area contributed by atoms with E-state index in [1.54, 1.807) is 48.5 Å². The molecule has 6 nitrogen and oxygen atoms in total. The maximum atomic E-state index is 13.3. The fourth-order valence-electron chi connectivity index (χ4n) is 3.41. The van der Waals surface area contributed by atoms with Gasteiger partial charge in [-0.1, -0.05) is 35.9 Å². The van der Waals surface area contributed by atoms with Gasteiger partial charge in [0.15, 0.2) is 9.84 Å². The predicted octanol–water partition coefficient (Wildman–Crippen LogP) is 3.52. The third-order valence-electron chi connectivity index (χ3n) is 5.08. The van der Waals surface area contributed by atoms with Crippen LogP contribution in [0.1, 0.15) is 11.1 Å². The Balaban J connectivity index is 1.86. The standard InChI is InChI=1S/C22H18N2O4S2/c1-16-2-9-20(10-3-16)30(27,28)24-12-13-29(25,26)22-11-8-19(14-21(22)24)18-6-4-17(15-23)5-7-18/h2-11,14H,12-13H2,1H3. The summed E-state index contributed by atoms with van der Waals surface area (Å²) in [6.07, 6.45) is 0.